The van der Waals surface area contributed by atoms with E-state index in [0.717, 1.165) is 8.95 Å². The van der Waals surface area contributed by atoms with E-state index in [2.05, 4.69) is 52.4 Å². The lowest BCUT2D eigenvalue weighted by Crippen LogP contribution is -2.13. The number of rotatable bonds is 5. The Bertz CT molecular complexity index is 858. The van der Waals surface area contributed by atoms with Crippen LogP contribution in [0, 0.1) is 0 Å². The third kappa shape index (κ3) is 4.43. The molecular formula is C15H10Br2N4O2S. The summed E-state index contributed by atoms with van der Waals surface area (Å²) in [5, 5.41) is 11.0. The normalized spacial score (nSPS) is 10.6. The maximum Gasteiger partial charge on any atom is 0.277 e. The molecule has 0 aliphatic carbocycles. The minimum atomic E-state index is -0.160. The van der Waals surface area contributed by atoms with Crippen molar-refractivity contribution in [2.45, 2.75) is 5.22 Å². The lowest BCUT2D eigenvalue weighted by Gasteiger charge is -2.05. The third-order valence-corrected chi connectivity index (χ3v) is 5.52. The van der Waals surface area contributed by atoms with Gasteiger partial charge in [0.1, 0.15) is 5.69 Å². The van der Waals surface area contributed by atoms with Gasteiger partial charge in [-0.15, -0.1) is 10.2 Å². The van der Waals surface area contributed by atoms with Crippen LogP contribution in [0.3, 0.4) is 0 Å². The molecule has 0 fully saturated rings. The fourth-order valence-corrected chi connectivity index (χ4v) is 2.95. The van der Waals surface area contributed by atoms with Crippen molar-refractivity contribution in [1.29, 1.82) is 0 Å². The number of thioether (sulfide) groups is 1. The molecule has 3 aromatic rings. The summed E-state index contributed by atoms with van der Waals surface area (Å²) in [6.45, 7) is 0. The predicted molar refractivity (Wildman–Crippen MR) is 98.7 cm³/mol. The van der Waals surface area contributed by atoms with E-state index in [1.807, 2.05) is 24.3 Å². The van der Waals surface area contributed by atoms with Gasteiger partial charge in [-0.05, 0) is 62.2 Å². The highest BCUT2D eigenvalue weighted by Gasteiger charge is 2.12. The van der Waals surface area contributed by atoms with Gasteiger partial charge in [-0.1, -0.05) is 17.8 Å². The van der Waals surface area contributed by atoms with Crippen molar-refractivity contribution in [3.8, 4) is 11.6 Å². The number of halogens is 2. The number of amides is 1. The number of hydrogen-bond acceptors (Lipinski definition) is 6. The summed E-state index contributed by atoms with van der Waals surface area (Å²) in [5.41, 5.74) is 1.30. The van der Waals surface area contributed by atoms with Gasteiger partial charge in [-0.25, -0.2) is 0 Å². The topological polar surface area (TPSA) is 80.9 Å². The maximum absolute atomic E-state index is 12.0. The van der Waals surface area contributed by atoms with Crippen LogP contribution in [0.25, 0.3) is 11.6 Å². The van der Waals surface area contributed by atoms with Crippen molar-refractivity contribution in [3.05, 3.63) is 51.5 Å². The van der Waals surface area contributed by atoms with Crippen LogP contribution in [0.1, 0.15) is 0 Å². The number of anilines is 1. The zero-order valence-corrected chi connectivity index (χ0v) is 16.1. The van der Waals surface area contributed by atoms with Crippen molar-refractivity contribution in [2.75, 3.05) is 11.1 Å². The summed E-state index contributed by atoms with van der Waals surface area (Å²) in [4.78, 5) is 16.1. The molecule has 24 heavy (non-hydrogen) atoms. The smallest absolute Gasteiger partial charge is 0.277 e. The van der Waals surface area contributed by atoms with Crippen molar-refractivity contribution < 1.29 is 9.21 Å². The summed E-state index contributed by atoms with van der Waals surface area (Å²) in [6, 6.07) is 10.9. The molecule has 0 bridgehead atoms. The SMILES string of the molecule is O=C(CSc1nnc(-c2ccccn2)o1)Nc1ccc(Br)c(Br)c1. The molecule has 0 spiro atoms. The Hall–Kier alpha value is -1.71. The number of benzene rings is 1. The second kappa shape index (κ2) is 7.91. The van der Waals surface area contributed by atoms with Crippen LogP contribution in [0.5, 0.6) is 0 Å². The van der Waals surface area contributed by atoms with Gasteiger partial charge in [0.05, 0.1) is 5.75 Å². The molecule has 0 atom stereocenters. The second-order valence-electron chi connectivity index (χ2n) is 4.55. The van der Waals surface area contributed by atoms with E-state index < -0.39 is 0 Å². The number of aromatic nitrogens is 3. The molecule has 6 nitrogen and oxygen atoms in total. The van der Waals surface area contributed by atoms with Gasteiger partial charge < -0.3 is 9.73 Å². The van der Waals surface area contributed by atoms with E-state index >= 15 is 0 Å². The number of carbonyl (C=O) groups excluding carboxylic acids is 1. The molecule has 0 radical (unpaired) electrons. The molecule has 1 aromatic carbocycles. The predicted octanol–water partition coefficient (Wildman–Crippen LogP) is 4.39. The van der Waals surface area contributed by atoms with E-state index in [4.69, 9.17) is 4.42 Å². The number of pyridine rings is 1. The van der Waals surface area contributed by atoms with Gasteiger partial charge in [-0.3, -0.25) is 9.78 Å². The van der Waals surface area contributed by atoms with Gasteiger partial charge in [0.15, 0.2) is 0 Å². The fraction of sp³-hybridized carbons (Fsp3) is 0.0667. The fourth-order valence-electron chi connectivity index (χ4n) is 1.76. The Labute approximate surface area is 158 Å². The molecule has 1 N–H and O–H groups in total. The van der Waals surface area contributed by atoms with Gasteiger partial charge >= 0.3 is 0 Å². The first kappa shape index (κ1) is 17.1. The van der Waals surface area contributed by atoms with Crippen LogP contribution in [0.15, 0.2) is 61.2 Å². The first-order valence-corrected chi connectivity index (χ1v) is 9.31. The number of nitrogens with zero attached hydrogens (tertiary/aromatic N) is 3. The Morgan fingerprint density at radius 1 is 1.17 bits per heavy atom. The van der Waals surface area contributed by atoms with E-state index in [0.29, 0.717) is 22.5 Å². The van der Waals surface area contributed by atoms with E-state index in [-0.39, 0.29) is 11.7 Å². The number of hydrogen-bond donors (Lipinski definition) is 1. The van der Waals surface area contributed by atoms with E-state index in [1.165, 1.54) is 11.8 Å². The summed E-state index contributed by atoms with van der Waals surface area (Å²) in [5.74, 6) is 0.333. The molecule has 1 amide bonds. The van der Waals surface area contributed by atoms with Crippen molar-refractivity contribution in [2.24, 2.45) is 0 Å². The largest absolute Gasteiger partial charge is 0.410 e. The van der Waals surface area contributed by atoms with Crippen LogP contribution in [0.2, 0.25) is 0 Å². The van der Waals surface area contributed by atoms with Crippen LogP contribution in [0.4, 0.5) is 5.69 Å². The van der Waals surface area contributed by atoms with E-state index in [9.17, 15) is 4.79 Å². The van der Waals surface area contributed by atoms with Crippen LogP contribution < -0.4 is 5.32 Å². The molecule has 0 aliphatic rings. The Balaban J connectivity index is 1.56. The van der Waals surface area contributed by atoms with Gasteiger partial charge in [0, 0.05) is 20.8 Å². The van der Waals surface area contributed by atoms with Gasteiger partial charge in [0.25, 0.3) is 11.1 Å². The molecule has 2 heterocycles. The van der Waals surface area contributed by atoms with Gasteiger partial charge in [0.2, 0.25) is 5.91 Å². The number of nitrogens with one attached hydrogen (secondary N) is 1. The first-order chi connectivity index (χ1) is 11.6. The molecular weight excluding hydrogens is 460 g/mol. The summed E-state index contributed by atoms with van der Waals surface area (Å²) in [7, 11) is 0. The summed E-state index contributed by atoms with van der Waals surface area (Å²) in [6.07, 6.45) is 1.65. The Morgan fingerprint density at radius 2 is 2.04 bits per heavy atom. The molecule has 0 saturated heterocycles. The summed E-state index contributed by atoms with van der Waals surface area (Å²) >= 11 is 7.95. The zero-order valence-electron chi connectivity index (χ0n) is 12.1. The highest BCUT2D eigenvalue weighted by molar-refractivity contribution is 9.13. The molecule has 0 unspecified atom stereocenters. The highest BCUT2D eigenvalue weighted by atomic mass is 79.9. The van der Waals surface area contributed by atoms with Crippen LogP contribution in [-0.4, -0.2) is 26.8 Å². The third-order valence-electron chi connectivity index (χ3n) is 2.82. The average Bonchev–Trinajstić information content (AvgIpc) is 3.06. The minimum absolute atomic E-state index is 0.160. The minimum Gasteiger partial charge on any atom is -0.410 e. The van der Waals surface area contributed by atoms with Crippen LogP contribution in [-0.2, 0) is 4.79 Å². The maximum atomic E-state index is 12.0. The molecule has 0 aliphatic heterocycles. The van der Waals surface area contributed by atoms with Crippen molar-refractivity contribution in [1.82, 2.24) is 15.2 Å². The molecule has 0 saturated carbocycles. The standard InChI is InChI=1S/C15H10Br2N4O2S/c16-10-5-4-9(7-11(10)17)19-13(22)8-24-15-21-20-14(23-15)12-3-1-2-6-18-12/h1-7H,8H2,(H,19,22). The monoisotopic (exact) mass is 468 g/mol. The first-order valence-electron chi connectivity index (χ1n) is 6.74. The highest BCUT2D eigenvalue weighted by Crippen LogP contribution is 2.26. The van der Waals surface area contributed by atoms with E-state index in [1.54, 1.807) is 18.3 Å². The Kier molecular flexibility index (Phi) is 5.64. The lowest BCUT2D eigenvalue weighted by molar-refractivity contribution is -0.113. The van der Waals surface area contributed by atoms with Gasteiger partial charge in [-0.2, -0.15) is 0 Å². The molecule has 2 aromatic heterocycles. The zero-order chi connectivity index (χ0) is 16.9. The summed E-state index contributed by atoms with van der Waals surface area (Å²) < 4.78 is 7.27. The quantitative estimate of drug-likeness (QED) is 0.558. The Morgan fingerprint density at radius 3 is 2.79 bits per heavy atom. The lowest BCUT2D eigenvalue weighted by atomic mass is 10.3. The number of carbonyl (C=O) groups is 1. The molecule has 3 rings (SSSR count). The second-order valence-corrected chi connectivity index (χ2v) is 7.19. The molecule has 9 heteroatoms. The van der Waals surface area contributed by atoms with Crippen molar-refractivity contribution in [3.63, 3.8) is 0 Å². The van der Waals surface area contributed by atoms with Crippen LogP contribution >= 0.6 is 43.6 Å². The molecule has 122 valence electrons. The van der Waals surface area contributed by atoms with Crippen molar-refractivity contribution >= 4 is 55.2 Å². The average molecular weight is 470 g/mol.